The molecule has 2 unspecified atom stereocenters. The van der Waals surface area contributed by atoms with Gasteiger partial charge in [-0.05, 0) is 25.5 Å². The van der Waals surface area contributed by atoms with Crippen LogP contribution >= 0.6 is 11.8 Å². The van der Waals surface area contributed by atoms with Crippen molar-refractivity contribution in [1.29, 1.82) is 0 Å². The van der Waals surface area contributed by atoms with Crippen molar-refractivity contribution in [3.63, 3.8) is 0 Å². The van der Waals surface area contributed by atoms with Gasteiger partial charge in [-0.1, -0.05) is 0 Å². The van der Waals surface area contributed by atoms with Gasteiger partial charge in [-0.2, -0.15) is 5.10 Å². The highest BCUT2D eigenvalue weighted by molar-refractivity contribution is 8.00. The molecule has 23 heavy (non-hydrogen) atoms. The first kappa shape index (κ1) is 15.6. The van der Waals surface area contributed by atoms with Crippen molar-refractivity contribution >= 4 is 29.5 Å². The van der Waals surface area contributed by atoms with Crippen molar-refractivity contribution < 1.29 is 19.5 Å². The number of carboxylic acids is 1. The quantitative estimate of drug-likeness (QED) is 0.703. The number of hydrogen-bond acceptors (Lipinski definition) is 6. The number of carboxylic acid groups (broad SMARTS) is 1. The molecule has 9 heteroatoms. The van der Waals surface area contributed by atoms with Gasteiger partial charge in [0.2, 0.25) is 0 Å². The number of β-lactam (4-membered cyclic amide) rings is 1. The van der Waals surface area contributed by atoms with Gasteiger partial charge < -0.3 is 15.2 Å². The van der Waals surface area contributed by atoms with Crippen LogP contribution in [0, 0.1) is 0 Å². The fourth-order valence-electron chi connectivity index (χ4n) is 2.64. The third-order valence-corrected chi connectivity index (χ3v) is 5.26. The largest absolute Gasteiger partial charge is 0.543 e. The number of aryl methyl sites for hydroxylation is 1. The Morgan fingerprint density at radius 2 is 2.26 bits per heavy atom. The third-order valence-electron chi connectivity index (χ3n) is 3.84. The maximum absolute atomic E-state index is 12.2. The minimum Gasteiger partial charge on any atom is -0.543 e. The molecule has 1 fully saturated rings. The van der Waals surface area contributed by atoms with Crippen LogP contribution in [0.3, 0.4) is 0 Å². The van der Waals surface area contributed by atoms with E-state index in [1.54, 1.807) is 23.9 Å². The first-order chi connectivity index (χ1) is 10.9. The second-order valence-electron chi connectivity index (χ2n) is 5.33. The zero-order chi connectivity index (χ0) is 16.7. The molecule has 1 aromatic heterocycles. The van der Waals surface area contributed by atoms with Crippen molar-refractivity contribution in [1.82, 2.24) is 20.0 Å². The molecule has 1 N–H and O–H groups in total. The molecule has 0 aromatic carbocycles. The minimum absolute atomic E-state index is 0.0838. The molecule has 3 rings (SSSR count). The summed E-state index contributed by atoms with van der Waals surface area (Å²) >= 11 is 1.42. The summed E-state index contributed by atoms with van der Waals surface area (Å²) in [4.78, 5) is 36.8. The molecule has 8 nitrogen and oxygen atoms in total. The second-order valence-corrected chi connectivity index (χ2v) is 6.44. The van der Waals surface area contributed by atoms with Gasteiger partial charge in [0.1, 0.15) is 17.1 Å². The average Bonchev–Trinajstić information content (AvgIpc) is 3.01. The number of amides is 2. The molecule has 1 saturated heterocycles. The first-order valence-corrected chi connectivity index (χ1v) is 8.19. The highest BCUT2D eigenvalue weighted by Gasteiger charge is 2.52. The van der Waals surface area contributed by atoms with Crippen LogP contribution < -0.4 is 10.4 Å². The number of fused-ring (bicyclic) bond motifs is 1. The van der Waals surface area contributed by atoms with E-state index in [-0.39, 0.29) is 11.4 Å². The van der Waals surface area contributed by atoms with Crippen molar-refractivity contribution in [3.8, 4) is 0 Å². The lowest BCUT2D eigenvalue weighted by Gasteiger charge is -2.50. The topological polar surface area (TPSA) is 107 Å². The monoisotopic (exact) mass is 335 g/mol. The van der Waals surface area contributed by atoms with Crippen LogP contribution in [0.5, 0.6) is 0 Å². The van der Waals surface area contributed by atoms with Gasteiger partial charge >= 0.3 is 0 Å². The van der Waals surface area contributed by atoms with Gasteiger partial charge in [0.25, 0.3) is 11.8 Å². The molecule has 0 saturated carbocycles. The molecule has 2 amide bonds. The van der Waals surface area contributed by atoms with Crippen LogP contribution in [0.15, 0.2) is 23.5 Å². The Morgan fingerprint density at radius 1 is 1.52 bits per heavy atom. The molecular weight excluding hydrogens is 320 g/mol. The fourth-order valence-corrected chi connectivity index (χ4v) is 3.93. The lowest BCUT2D eigenvalue weighted by Crippen LogP contribution is -2.71. The number of aromatic nitrogens is 2. The predicted molar refractivity (Wildman–Crippen MR) is 80.0 cm³/mol. The van der Waals surface area contributed by atoms with E-state index in [1.165, 1.54) is 16.7 Å². The Morgan fingerprint density at radius 3 is 2.87 bits per heavy atom. The number of rotatable bonds is 4. The van der Waals surface area contributed by atoms with E-state index in [2.05, 4.69) is 10.4 Å². The third kappa shape index (κ3) is 2.50. The Hall–Kier alpha value is -2.29. The Labute approximate surface area is 136 Å². The van der Waals surface area contributed by atoms with Crippen LogP contribution in [0.2, 0.25) is 0 Å². The van der Waals surface area contributed by atoms with E-state index in [9.17, 15) is 19.5 Å². The molecule has 3 heterocycles. The van der Waals surface area contributed by atoms with Crippen LogP contribution in [0.1, 0.15) is 24.3 Å². The van der Waals surface area contributed by atoms with E-state index in [0.29, 0.717) is 17.9 Å². The highest BCUT2D eigenvalue weighted by Crippen LogP contribution is 2.39. The van der Waals surface area contributed by atoms with Gasteiger partial charge in [-0.15, -0.1) is 11.8 Å². The maximum Gasteiger partial charge on any atom is 0.272 e. The summed E-state index contributed by atoms with van der Waals surface area (Å²) in [6, 6.07) is 0.825. The van der Waals surface area contributed by atoms with Gasteiger partial charge in [0, 0.05) is 18.5 Å². The second kappa shape index (κ2) is 5.73. The van der Waals surface area contributed by atoms with Gasteiger partial charge in [0.05, 0.1) is 11.7 Å². The van der Waals surface area contributed by atoms with E-state index < -0.39 is 29.2 Å². The normalized spacial score (nSPS) is 23.4. The molecule has 122 valence electrons. The molecular formula is C14H15N4O4S-. The van der Waals surface area contributed by atoms with Crippen LogP contribution in [0.4, 0.5) is 0 Å². The molecule has 0 radical (unpaired) electrons. The Kier molecular flexibility index (Phi) is 3.88. The molecule has 2 atom stereocenters. The summed E-state index contributed by atoms with van der Waals surface area (Å²) in [7, 11) is 0. The summed E-state index contributed by atoms with van der Waals surface area (Å²) in [6.45, 7) is 4.20. The van der Waals surface area contributed by atoms with Gasteiger partial charge in [-0.3, -0.25) is 19.2 Å². The zero-order valence-corrected chi connectivity index (χ0v) is 13.4. The summed E-state index contributed by atoms with van der Waals surface area (Å²) < 4.78 is 1.61. The van der Waals surface area contributed by atoms with Gasteiger partial charge in [-0.25, -0.2) is 0 Å². The number of nitrogens with zero attached hydrogens (tertiary/aromatic N) is 3. The predicted octanol–water partition coefficient (Wildman–Crippen LogP) is -1.06. The lowest BCUT2D eigenvalue weighted by atomic mass is 10.0. The van der Waals surface area contributed by atoms with Crippen LogP contribution in [-0.2, 0) is 16.1 Å². The summed E-state index contributed by atoms with van der Waals surface area (Å²) in [5.41, 5.74) is 0.733. The number of hydrogen-bond donors (Lipinski definition) is 1. The molecule has 0 spiro atoms. The van der Waals surface area contributed by atoms with E-state index >= 15 is 0 Å². The van der Waals surface area contributed by atoms with Gasteiger partial charge in [0.15, 0.2) is 0 Å². The summed E-state index contributed by atoms with van der Waals surface area (Å²) in [5.74, 6) is -1.78. The summed E-state index contributed by atoms with van der Waals surface area (Å²) in [5, 5.41) is 17.5. The maximum atomic E-state index is 12.2. The minimum atomic E-state index is -1.37. The molecule has 2 aliphatic rings. The van der Waals surface area contributed by atoms with Crippen LogP contribution in [-0.4, -0.2) is 49.6 Å². The molecule has 2 aliphatic heterocycles. The van der Waals surface area contributed by atoms with Crippen molar-refractivity contribution in [3.05, 3.63) is 29.2 Å². The zero-order valence-electron chi connectivity index (χ0n) is 12.6. The smallest absolute Gasteiger partial charge is 0.272 e. The summed E-state index contributed by atoms with van der Waals surface area (Å²) in [6.07, 6.45) is 1.68. The molecule has 0 aliphatic carbocycles. The standard InChI is InChI=1S/C14H16N4O4S/c1-3-17-5-4-8(16-17)11(19)15-9-12(20)18-10(14(21)22)7(2)6-23-13(9)18/h4-5,9,13H,3,6H2,1-2H3,(H,15,19)(H,21,22)/p-1. The first-order valence-electron chi connectivity index (χ1n) is 7.14. The van der Waals surface area contributed by atoms with Crippen molar-refractivity contribution in [2.24, 2.45) is 0 Å². The van der Waals surface area contributed by atoms with Crippen molar-refractivity contribution in [2.75, 3.05) is 5.75 Å². The molecule has 0 bridgehead atoms. The van der Waals surface area contributed by atoms with E-state index in [4.69, 9.17) is 0 Å². The van der Waals surface area contributed by atoms with Crippen LogP contribution in [0.25, 0.3) is 0 Å². The Bertz CT molecular complexity index is 726. The SMILES string of the molecule is CCn1ccc(C(=O)NC2C(=O)N3C(C(=O)[O-])=C(C)CSC23)n1. The lowest BCUT2D eigenvalue weighted by molar-refractivity contribution is -0.301. The number of thioether (sulfide) groups is 1. The average molecular weight is 335 g/mol. The van der Waals surface area contributed by atoms with Crippen molar-refractivity contribution in [2.45, 2.75) is 31.8 Å². The molecule has 1 aromatic rings. The highest BCUT2D eigenvalue weighted by atomic mass is 32.2. The number of carbonyl (C=O) groups is 3. The Balaban J connectivity index is 1.73. The number of carbonyl (C=O) groups excluding carboxylic acids is 3. The fraction of sp³-hybridized carbons (Fsp3) is 0.429. The van der Waals surface area contributed by atoms with E-state index in [0.717, 1.165) is 0 Å². The number of aliphatic carboxylic acids is 1. The number of nitrogens with one attached hydrogen (secondary N) is 1. The van der Waals surface area contributed by atoms with E-state index in [1.807, 2.05) is 6.92 Å².